The molecule has 28 heavy (non-hydrogen) atoms. The Morgan fingerprint density at radius 2 is 2.04 bits per heavy atom. The second-order valence-corrected chi connectivity index (χ2v) is 7.58. The summed E-state index contributed by atoms with van der Waals surface area (Å²) in [6.07, 6.45) is 7.51. The Balaban J connectivity index is 1.75. The molecular formula is C21H17BrN6. The van der Waals surface area contributed by atoms with E-state index in [0.29, 0.717) is 17.6 Å². The van der Waals surface area contributed by atoms with Crippen molar-refractivity contribution in [3.63, 3.8) is 0 Å². The van der Waals surface area contributed by atoms with Crippen LogP contribution in [-0.4, -0.2) is 19.5 Å². The summed E-state index contributed by atoms with van der Waals surface area (Å²) in [4.78, 5) is 13.3. The third kappa shape index (κ3) is 3.47. The number of fused-ring (bicyclic) bond motifs is 1. The van der Waals surface area contributed by atoms with Gasteiger partial charge in [-0.05, 0) is 44.2 Å². The van der Waals surface area contributed by atoms with Gasteiger partial charge in [-0.15, -0.1) is 0 Å². The van der Waals surface area contributed by atoms with Gasteiger partial charge in [-0.1, -0.05) is 15.9 Å². The quantitative estimate of drug-likeness (QED) is 0.463. The molecule has 0 fully saturated rings. The van der Waals surface area contributed by atoms with Crippen molar-refractivity contribution >= 4 is 38.5 Å². The number of nitrogens with one attached hydrogen (secondary N) is 1. The summed E-state index contributed by atoms with van der Waals surface area (Å²) < 4.78 is 3.01. The second kappa shape index (κ2) is 7.41. The average Bonchev–Trinajstić information content (AvgIpc) is 3.08. The third-order valence-electron chi connectivity index (χ3n) is 4.41. The van der Waals surface area contributed by atoms with Crippen LogP contribution < -0.4 is 5.32 Å². The van der Waals surface area contributed by atoms with Crippen LogP contribution in [0.3, 0.4) is 0 Å². The van der Waals surface area contributed by atoms with E-state index in [0.717, 1.165) is 32.3 Å². The van der Waals surface area contributed by atoms with Crippen molar-refractivity contribution in [3.05, 3.63) is 65.2 Å². The molecule has 0 amide bonds. The SMILES string of the molecule is CC(C)n1cc(-c2ccnc(Nc3cc(Br)cc(C#N)c3)n2)c2ccncc21. The van der Waals surface area contributed by atoms with E-state index >= 15 is 0 Å². The smallest absolute Gasteiger partial charge is 0.227 e. The number of nitrogens with zero attached hydrogens (tertiary/aromatic N) is 5. The van der Waals surface area contributed by atoms with Crippen LogP contribution in [0.4, 0.5) is 11.6 Å². The van der Waals surface area contributed by atoms with Gasteiger partial charge in [0.25, 0.3) is 0 Å². The van der Waals surface area contributed by atoms with Crippen LogP contribution >= 0.6 is 15.9 Å². The lowest BCUT2D eigenvalue weighted by Gasteiger charge is -2.08. The lowest BCUT2D eigenvalue weighted by Crippen LogP contribution is -1.99. The van der Waals surface area contributed by atoms with Gasteiger partial charge in [0.15, 0.2) is 0 Å². The van der Waals surface area contributed by atoms with Crippen LogP contribution in [0, 0.1) is 11.3 Å². The molecule has 0 saturated heterocycles. The number of nitriles is 1. The molecule has 138 valence electrons. The van der Waals surface area contributed by atoms with Crippen LogP contribution in [0.15, 0.2) is 59.6 Å². The largest absolute Gasteiger partial charge is 0.343 e. The zero-order valence-corrected chi connectivity index (χ0v) is 17.0. The molecule has 0 aliphatic heterocycles. The Morgan fingerprint density at radius 1 is 1.18 bits per heavy atom. The maximum Gasteiger partial charge on any atom is 0.227 e. The fourth-order valence-corrected chi connectivity index (χ4v) is 3.65. The summed E-state index contributed by atoms with van der Waals surface area (Å²) in [6, 6.07) is 11.8. The maximum atomic E-state index is 9.16. The van der Waals surface area contributed by atoms with Crippen molar-refractivity contribution in [3.8, 4) is 17.3 Å². The van der Waals surface area contributed by atoms with Gasteiger partial charge < -0.3 is 9.88 Å². The van der Waals surface area contributed by atoms with Crippen molar-refractivity contribution in [2.45, 2.75) is 19.9 Å². The molecular weight excluding hydrogens is 416 g/mol. The zero-order chi connectivity index (χ0) is 19.7. The second-order valence-electron chi connectivity index (χ2n) is 6.67. The van der Waals surface area contributed by atoms with Gasteiger partial charge >= 0.3 is 0 Å². The minimum Gasteiger partial charge on any atom is -0.343 e. The van der Waals surface area contributed by atoms with E-state index in [1.807, 2.05) is 24.4 Å². The Labute approximate surface area is 171 Å². The fraction of sp³-hybridized carbons (Fsp3) is 0.143. The summed E-state index contributed by atoms with van der Waals surface area (Å²) in [5.41, 5.74) is 4.23. The highest BCUT2D eigenvalue weighted by Crippen LogP contribution is 2.31. The van der Waals surface area contributed by atoms with Crippen molar-refractivity contribution in [1.29, 1.82) is 5.26 Å². The summed E-state index contributed by atoms with van der Waals surface area (Å²) in [6.45, 7) is 4.28. The predicted molar refractivity (Wildman–Crippen MR) is 113 cm³/mol. The highest BCUT2D eigenvalue weighted by Gasteiger charge is 2.14. The molecule has 7 heteroatoms. The fourth-order valence-electron chi connectivity index (χ4n) is 3.15. The first-order valence-corrected chi connectivity index (χ1v) is 9.60. The van der Waals surface area contributed by atoms with Gasteiger partial charge in [0, 0.05) is 45.7 Å². The van der Waals surface area contributed by atoms with Crippen LogP contribution in [0.2, 0.25) is 0 Å². The van der Waals surface area contributed by atoms with E-state index in [4.69, 9.17) is 10.2 Å². The van der Waals surface area contributed by atoms with Crippen molar-refractivity contribution in [1.82, 2.24) is 19.5 Å². The summed E-state index contributed by atoms with van der Waals surface area (Å²) in [5, 5.41) is 13.4. The third-order valence-corrected chi connectivity index (χ3v) is 4.87. The number of benzene rings is 1. The van der Waals surface area contributed by atoms with E-state index in [9.17, 15) is 0 Å². The number of pyridine rings is 1. The number of hydrogen-bond acceptors (Lipinski definition) is 5. The van der Waals surface area contributed by atoms with Crippen LogP contribution in [-0.2, 0) is 0 Å². The van der Waals surface area contributed by atoms with E-state index in [-0.39, 0.29) is 0 Å². The standard InChI is InChI=1S/C21H17BrN6/c1-13(2)28-12-18(17-3-5-24-11-20(17)28)19-4-6-25-21(27-19)26-16-8-14(10-23)7-15(22)9-16/h3-9,11-13H,1-2H3,(H,25,26,27). The highest BCUT2D eigenvalue weighted by atomic mass is 79.9. The van der Waals surface area contributed by atoms with Gasteiger partial charge in [-0.25, -0.2) is 9.97 Å². The molecule has 4 aromatic rings. The molecule has 1 aromatic carbocycles. The van der Waals surface area contributed by atoms with Crippen LogP contribution in [0.1, 0.15) is 25.5 Å². The molecule has 6 nitrogen and oxygen atoms in total. The molecule has 0 unspecified atom stereocenters. The number of anilines is 2. The molecule has 0 spiro atoms. The first-order chi connectivity index (χ1) is 13.5. The monoisotopic (exact) mass is 432 g/mol. The highest BCUT2D eigenvalue weighted by molar-refractivity contribution is 9.10. The number of halogens is 1. The van der Waals surface area contributed by atoms with E-state index in [1.165, 1.54) is 0 Å². The first-order valence-electron chi connectivity index (χ1n) is 8.81. The van der Waals surface area contributed by atoms with Crippen LogP contribution in [0.25, 0.3) is 22.2 Å². The Bertz CT molecular complexity index is 1210. The van der Waals surface area contributed by atoms with Gasteiger partial charge in [0.2, 0.25) is 5.95 Å². The molecule has 0 radical (unpaired) electrons. The van der Waals surface area contributed by atoms with E-state index in [2.05, 4.69) is 61.9 Å². The summed E-state index contributed by atoms with van der Waals surface area (Å²) in [5.74, 6) is 0.471. The van der Waals surface area contributed by atoms with E-state index < -0.39 is 0 Å². The van der Waals surface area contributed by atoms with Gasteiger partial charge in [0.1, 0.15) is 0 Å². The average molecular weight is 433 g/mol. The molecule has 1 N–H and O–H groups in total. The minimum atomic E-state index is 0.311. The number of aromatic nitrogens is 4. The van der Waals surface area contributed by atoms with Crippen molar-refractivity contribution in [2.24, 2.45) is 0 Å². The van der Waals surface area contributed by atoms with Gasteiger partial charge in [0.05, 0.1) is 29.0 Å². The first kappa shape index (κ1) is 18.1. The molecule has 0 aliphatic carbocycles. The van der Waals surface area contributed by atoms with Gasteiger partial charge in [-0.3, -0.25) is 4.98 Å². The van der Waals surface area contributed by atoms with Crippen LogP contribution in [0.5, 0.6) is 0 Å². The molecule has 0 aliphatic rings. The predicted octanol–water partition coefficient (Wildman–Crippen LogP) is 5.45. The van der Waals surface area contributed by atoms with Crippen molar-refractivity contribution < 1.29 is 0 Å². The Hall–Kier alpha value is -3.24. The molecule has 0 bridgehead atoms. The summed E-state index contributed by atoms with van der Waals surface area (Å²) in [7, 11) is 0. The molecule has 3 aromatic heterocycles. The van der Waals surface area contributed by atoms with Gasteiger partial charge in [-0.2, -0.15) is 5.26 Å². The lowest BCUT2D eigenvalue weighted by molar-refractivity contribution is 0.622. The summed E-state index contributed by atoms with van der Waals surface area (Å²) >= 11 is 3.42. The Kier molecular flexibility index (Phi) is 4.80. The maximum absolute atomic E-state index is 9.16. The minimum absolute atomic E-state index is 0.311. The topological polar surface area (TPSA) is 79.4 Å². The molecule has 0 saturated carbocycles. The zero-order valence-electron chi connectivity index (χ0n) is 15.4. The number of hydrogen-bond donors (Lipinski definition) is 1. The lowest BCUT2D eigenvalue weighted by atomic mass is 10.1. The molecule has 4 rings (SSSR count). The number of rotatable bonds is 4. The molecule has 3 heterocycles. The molecule has 0 atom stereocenters. The van der Waals surface area contributed by atoms with Crippen molar-refractivity contribution in [2.75, 3.05) is 5.32 Å². The normalized spacial score (nSPS) is 11.0. The van der Waals surface area contributed by atoms with E-state index in [1.54, 1.807) is 24.5 Å². The Morgan fingerprint density at radius 3 is 2.82 bits per heavy atom.